The van der Waals surface area contributed by atoms with Crippen LogP contribution in [0.15, 0.2) is 24.3 Å². The summed E-state index contributed by atoms with van der Waals surface area (Å²) < 4.78 is 23.2. The first-order valence-electron chi connectivity index (χ1n) is 7.37. The van der Waals surface area contributed by atoms with Gasteiger partial charge in [0, 0.05) is 24.2 Å². The maximum Gasteiger partial charge on any atom is 0.150 e. The summed E-state index contributed by atoms with van der Waals surface area (Å²) in [7, 11) is -2.79. The zero-order valence-corrected chi connectivity index (χ0v) is 12.5. The SMILES string of the molecule is NCCC1CN(C2CCS(=O)(=O)CC2)c2ccccc21. The van der Waals surface area contributed by atoms with E-state index in [4.69, 9.17) is 5.73 Å². The average molecular weight is 294 g/mol. The Morgan fingerprint density at radius 1 is 1.20 bits per heavy atom. The number of fused-ring (bicyclic) bond motifs is 1. The van der Waals surface area contributed by atoms with Crippen molar-refractivity contribution in [2.45, 2.75) is 31.2 Å². The first-order chi connectivity index (χ1) is 9.61. The molecular weight excluding hydrogens is 272 g/mol. The van der Waals surface area contributed by atoms with E-state index in [1.54, 1.807) is 0 Å². The van der Waals surface area contributed by atoms with Crippen LogP contribution in [0.2, 0.25) is 0 Å². The molecule has 2 N–H and O–H groups in total. The fourth-order valence-corrected chi connectivity index (χ4v) is 4.98. The number of sulfone groups is 1. The van der Waals surface area contributed by atoms with Gasteiger partial charge in [-0.1, -0.05) is 18.2 Å². The molecule has 1 atom stereocenters. The molecule has 1 saturated heterocycles. The lowest BCUT2D eigenvalue weighted by molar-refractivity contribution is 0.510. The van der Waals surface area contributed by atoms with Gasteiger partial charge in [-0.05, 0) is 37.4 Å². The molecule has 2 aliphatic rings. The molecule has 2 aliphatic heterocycles. The summed E-state index contributed by atoms with van der Waals surface area (Å²) in [6.07, 6.45) is 2.51. The molecular formula is C15H22N2O2S. The third kappa shape index (κ3) is 2.56. The highest BCUT2D eigenvalue weighted by atomic mass is 32.2. The molecule has 0 spiro atoms. The molecule has 1 fully saturated rings. The highest BCUT2D eigenvalue weighted by molar-refractivity contribution is 7.91. The summed E-state index contributed by atoms with van der Waals surface area (Å²) in [5, 5.41) is 0. The summed E-state index contributed by atoms with van der Waals surface area (Å²) in [5.74, 6) is 1.16. The molecule has 3 rings (SSSR count). The Labute approximate surface area is 120 Å². The summed E-state index contributed by atoms with van der Waals surface area (Å²) in [5.41, 5.74) is 8.40. The molecule has 110 valence electrons. The second-order valence-corrected chi connectivity index (χ2v) is 8.17. The fourth-order valence-electron chi connectivity index (χ4n) is 3.51. The summed E-state index contributed by atoms with van der Waals surface area (Å²) in [6, 6.07) is 8.86. The van der Waals surface area contributed by atoms with Gasteiger partial charge in [0.15, 0.2) is 0 Å². The predicted molar refractivity (Wildman–Crippen MR) is 81.9 cm³/mol. The Morgan fingerprint density at radius 3 is 2.60 bits per heavy atom. The lowest BCUT2D eigenvalue weighted by Gasteiger charge is -2.33. The normalized spacial score (nSPS) is 25.6. The van der Waals surface area contributed by atoms with E-state index in [9.17, 15) is 8.42 Å². The number of hydrogen-bond donors (Lipinski definition) is 1. The minimum Gasteiger partial charge on any atom is -0.368 e. The Balaban J connectivity index is 1.82. The first kappa shape index (κ1) is 13.9. The Kier molecular flexibility index (Phi) is 3.73. The number of para-hydroxylation sites is 1. The molecule has 0 amide bonds. The van der Waals surface area contributed by atoms with Gasteiger partial charge in [0.2, 0.25) is 0 Å². The Hall–Kier alpha value is -1.07. The van der Waals surface area contributed by atoms with Gasteiger partial charge in [0.1, 0.15) is 9.84 Å². The molecule has 4 nitrogen and oxygen atoms in total. The largest absolute Gasteiger partial charge is 0.368 e. The van der Waals surface area contributed by atoms with Crippen molar-refractivity contribution in [3.63, 3.8) is 0 Å². The third-order valence-corrected chi connectivity index (χ3v) is 6.30. The minimum atomic E-state index is -2.79. The average Bonchev–Trinajstić information content (AvgIpc) is 2.79. The van der Waals surface area contributed by atoms with Crippen LogP contribution in [0.25, 0.3) is 0 Å². The zero-order valence-electron chi connectivity index (χ0n) is 11.7. The van der Waals surface area contributed by atoms with Gasteiger partial charge in [-0.2, -0.15) is 0 Å². The minimum absolute atomic E-state index is 0.331. The molecule has 5 heteroatoms. The van der Waals surface area contributed by atoms with Crippen molar-refractivity contribution in [3.8, 4) is 0 Å². The Morgan fingerprint density at radius 2 is 1.90 bits per heavy atom. The third-order valence-electron chi connectivity index (χ3n) is 4.58. The summed E-state index contributed by atoms with van der Waals surface area (Å²) in [6.45, 7) is 1.69. The lowest BCUT2D eigenvalue weighted by Crippen LogP contribution is -2.40. The molecule has 2 heterocycles. The zero-order chi connectivity index (χ0) is 14.2. The van der Waals surface area contributed by atoms with Gasteiger partial charge in [-0.15, -0.1) is 0 Å². The highest BCUT2D eigenvalue weighted by Gasteiger charge is 2.35. The maximum atomic E-state index is 11.6. The number of anilines is 1. The number of nitrogens with two attached hydrogens (primary N) is 1. The second kappa shape index (κ2) is 5.37. The van der Waals surface area contributed by atoms with Crippen molar-refractivity contribution < 1.29 is 8.42 Å². The van der Waals surface area contributed by atoms with E-state index in [2.05, 4.69) is 29.2 Å². The van der Waals surface area contributed by atoms with Crippen LogP contribution in [0.5, 0.6) is 0 Å². The van der Waals surface area contributed by atoms with Crippen molar-refractivity contribution in [1.29, 1.82) is 0 Å². The van der Waals surface area contributed by atoms with E-state index in [0.717, 1.165) is 25.8 Å². The summed E-state index contributed by atoms with van der Waals surface area (Å²) >= 11 is 0. The number of nitrogens with zero attached hydrogens (tertiary/aromatic N) is 1. The quantitative estimate of drug-likeness (QED) is 0.918. The topological polar surface area (TPSA) is 63.4 Å². The monoisotopic (exact) mass is 294 g/mol. The number of rotatable bonds is 3. The van der Waals surface area contributed by atoms with Crippen LogP contribution in [0.1, 0.15) is 30.7 Å². The molecule has 1 aromatic rings. The number of benzene rings is 1. The first-order valence-corrected chi connectivity index (χ1v) is 9.19. The molecule has 0 aromatic heterocycles. The maximum absolute atomic E-state index is 11.6. The van der Waals surface area contributed by atoms with Crippen LogP contribution < -0.4 is 10.6 Å². The molecule has 0 aliphatic carbocycles. The molecule has 0 saturated carbocycles. The van der Waals surface area contributed by atoms with Gasteiger partial charge in [0.05, 0.1) is 11.5 Å². The molecule has 0 radical (unpaired) electrons. The van der Waals surface area contributed by atoms with Crippen molar-refractivity contribution >= 4 is 15.5 Å². The van der Waals surface area contributed by atoms with E-state index < -0.39 is 9.84 Å². The van der Waals surface area contributed by atoms with Gasteiger partial charge >= 0.3 is 0 Å². The van der Waals surface area contributed by atoms with Crippen LogP contribution in [0.3, 0.4) is 0 Å². The molecule has 1 aromatic carbocycles. The van der Waals surface area contributed by atoms with Crippen LogP contribution in [0, 0.1) is 0 Å². The van der Waals surface area contributed by atoms with Gasteiger partial charge in [-0.25, -0.2) is 8.42 Å². The van der Waals surface area contributed by atoms with Gasteiger partial charge < -0.3 is 10.6 Å². The smallest absolute Gasteiger partial charge is 0.150 e. The predicted octanol–water partition coefficient (Wildman–Crippen LogP) is 1.52. The van der Waals surface area contributed by atoms with Gasteiger partial charge in [0.25, 0.3) is 0 Å². The standard InChI is InChI=1S/C15H22N2O2S/c16-8-5-12-11-17(15-4-2-1-3-14(12)15)13-6-9-20(18,19)10-7-13/h1-4,12-13H,5-11,16H2. The molecule has 0 bridgehead atoms. The summed E-state index contributed by atoms with van der Waals surface area (Å²) in [4.78, 5) is 2.42. The highest BCUT2D eigenvalue weighted by Crippen LogP contribution is 2.40. The molecule has 1 unspecified atom stereocenters. The fraction of sp³-hybridized carbons (Fsp3) is 0.600. The van der Waals surface area contributed by atoms with E-state index >= 15 is 0 Å². The van der Waals surface area contributed by atoms with Crippen LogP contribution in [-0.2, 0) is 9.84 Å². The van der Waals surface area contributed by atoms with Crippen LogP contribution >= 0.6 is 0 Å². The van der Waals surface area contributed by atoms with E-state index in [1.165, 1.54) is 11.3 Å². The van der Waals surface area contributed by atoms with E-state index in [-0.39, 0.29) is 0 Å². The van der Waals surface area contributed by atoms with Crippen molar-refractivity contribution in [2.24, 2.45) is 5.73 Å². The lowest BCUT2D eigenvalue weighted by atomic mass is 9.98. The van der Waals surface area contributed by atoms with Crippen molar-refractivity contribution in [3.05, 3.63) is 29.8 Å². The van der Waals surface area contributed by atoms with Crippen molar-refractivity contribution in [2.75, 3.05) is 29.5 Å². The Bertz CT molecular complexity index is 571. The van der Waals surface area contributed by atoms with E-state index in [0.29, 0.717) is 30.0 Å². The molecule has 20 heavy (non-hydrogen) atoms. The van der Waals surface area contributed by atoms with Crippen LogP contribution in [0.4, 0.5) is 5.69 Å². The number of hydrogen-bond acceptors (Lipinski definition) is 4. The van der Waals surface area contributed by atoms with E-state index in [1.807, 2.05) is 0 Å². The second-order valence-electron chi connectivity index (χ2n) is 5.87. The van der Waals surface area contributed by atoms with Gasteiger partial charge in [-0.3, -0.25) is 0 Å². The van der Waals surface area contributed by atoms with Crippen molar-refractivity contribution in [1.82, 2.24) is 0 Å². The van der Waals surface area contributed by atoms with Crippen LogP contribution in [-0.4, -0.2) is 39.1 Å².